The molecule has 33 heavy (non-hydrogen) atoms. The van der Waals surface area contributed by atoms with E-state index in [0.29, 0.717) is 5.21 Å². The quantitative estimate of drug-likeness (QED) is 0.0622. The summed E-state index contributed by atoms with van der Waals surface area (Å²) in [6.07, 6.45) is -7.63. The molecular formula is C17H33AsO14S. The summed E-state index contributed by atoms with van der Waals surface area (Å²) in [5.41, 5.74) is 3.80. The Hall–Kier alpha value is -0.422. The van der Waals surface area contributed by atoms with Gasteiger partial charge in [0.15, 0.2) is 0 Å². The number of aliphatic hydroxyl groups excluding tert-OH is 5. The second-order valence-corrected chi connectivity index (χ2v) is 19.1. The summed E-state index contributed by atoms with van der Waals surface area (Å²) in [4.78, 5) is 11.6. The van der Waals surface area contributed by atoms with Crippen LogP contribution in [0.3, 0.4) is 0 Å². The molecule has 196 valence electrons. The topological polar surface area (TPSA) is 233 Å². The molecule has 0 saturated carbocycles. The molecule has 0 aliphatic carbocycles. The first-order valence-corrected chi connectivity index (χ1v) is 17.7. The van der Waals surface area contributed by atoms with Crippen LogP contribution >= 0.6 is 0 Å². The Bertz CT molecular complexity index is 704. The van der Waals surface area contributed by atoms with E-state index in [-0.39, 0.29) is 18.4 Å². The zero-order chi connectivity index (χ0) is 25.4. The molecular weight excluding hydrogens is 535 g/mol. The molecule has 1 heterocycles. The summed E-state index contributed by atoms with van der Waals surface area (Å²) >= 11 is -2.74. The van der Waals surface area contributed by atoms with E-state index in [0.717, 1.165) is 0 Å². The average Bonchev–Trinajstić information content (AvgIpc) is 2.96. The van der Waals surface area contributed by atoms with E-state index < -0.39 is 92.5 Å². The van der Waals surface area contributed by atoms with E-state index in [1.54, 1.807) is 0 Å². The first-order chi connectivity index (χ1) is 15.1. The third-order valence-corrected chi connectivity index (χ3v) is 11.0. The van der Waals surface area contributed by atoms with Gasteiger partial charge in [0.2, 0.25) is 0 Å². The van der Waals surface area contributed by atoms with Gasteiger partial charge in [-0.25, -0.2) is 0 Å². The van der Waals surface area contributed by atoms with Crippen LogP contribution in [-0.4, -0.2) is 133 Å². The summed E-state index contributed by atoms with van der Waals surface area (Å²) in [7, 11) is -4.99. The van der Waals surface area contributed by atoms with Crippen LogP contribution in [0.5, 0.6) is 0 Å². The van der Waals surface area contributed by atoms with Crippen molar-refractivity contribution in [3.63, 3.8) is 0 Å². The van der Waals surface area contributed by atoms with Crippen molar-refractivity contribution in [1.82, 2.24) is 0 Å². The number of carbonyl (C=O) groups is 1. The average molecular weight is 568 g/mol. The number of carboxylic acid groups (broad SMARTS) is 1. The molecule has 1 saturated heterocycles. The van der Waals surface area contributed by atoms with Crippen molar-refractivity contribution in [2.75, 3.05) is 33.0 Å². The van der Waals surface area contributed by atoms with Crippen molar-refractivity contribution >= 4 is 29.9 Å². The minimum atomic E-state index is -4.99. The number of hydrogen-bond acceptors (Lipinski definition) is 13. The van der Waals surface area contributed by atoms with Gasteiger partial charge in [0, 0.05) is 0 Å². The van der Waals surface area contributed by atoms with Crippen molar-refractivity contribution in [2.24, 2.45) is 5.92 Å². The van der Waals surface area contributed by atoms with Crippen molar-refractivity contribution < 1.29 is 66.8 Å². The standard InChI is InChI=1S/C17H33AsO14S/c1-18(2,3-10(16(24)25)6-29-7-11(20)5-19)4-13-14(22)15(23)17(32-13)30-8-12(21)9-31-33(26,27)28/h10-15,17,19-23H,3-9H2,1-2H3,(H-,24,25,26,27,28)/t10-,11+,12-,13+,14+,15+,17+/m0/s1. The van der Waals surface area contributed by atoms with Crippen LogP contribution in [0.15, 0.2) is 0 Å². The molecule has 0 radical (unpaired) electrons. The third kappa shape index (κ3) is 11.7. The molecule has 7 atom stereocenters. The summed E-state index contributed by atoms with van der Waals surface area (Å²) < 4.78 is 51.0. The zero-order valence-corrected chi connectivity index (χ0v) is 21.0. The molecule has 0 aromatic heterocycles. The molecule has 0 unspecified atom stereocenters. The van der Waals surface area contributed by atoms with Crippen LogP contribution in [0.1, 0.15) is 0 Å². The van der Waals surface area contributed by atoms with Crippen LogP contribution in [0.25, 0.3) is 0 Å². The zero-order valence-electron chi connectivity index (χ0n) is 18.3. The van der Waals surface area contributed by atoms with Crippen LogP contribution in [0, 0.1) is 5.92 Å². The molecule has 6 N–H and O–H groups in total. The van der Waals surface area contributed by atoms with E-state index in [1.165, 1.54) is 0 Å². The Morgan fingerprint density at radius 1 is 1.09 bits per heavy atom. The fourth-order valence-electron chi connectivity index (χ4n) is 3.18. The fraction of sp³-hybridized carbons (Fsp3) is 0.941. The number of hydrogen-bond donors (Lipinski definition) is 6. The number of carboxylic acids is 1. The van der Waals surface area contributed by atoms with Crippen LogP contribution < -0.4 is 0 Å². The summed E-state index contributed by atoms with van der Waals surface area (Å²) in [5.74, 6) is -1.96. The van der Waals surface area contributed by atoms with E-state index in [2.05, 4.69) is 4.18 Å². The Kier molecular flexibility index (Phi) is 12.6. The summed E-state index contributed by atoms with van der Waals surface area (Å²) in [6.45, 7) is -2.28. The second kappa shape index (κ2) is 13.6. The SMILES string of the molecule is C[As+](C)(C[C@@H](COC[C@H](O)CO)C(=O)O)C[C@H]1O[C@@H](OC[C@H](O)COS(=O)(=O)[O-])[C@H](O)[C@@H]1O. The van der Waals surface area contributed by atoms with E-state index in [4.69, 9.17) is 19.3 Å². The van der Waals surface area contributed by atoms with Crippen molar-refractivity contribution in [2.45, 2.75) is 58.6 Å². The van der Waals surface area contributed by atoms with Gasteiger partial charge in [-0.3, -0.25) is 0 Å². The molecule has 1 aliphatic rings. The van der Waals surface area contributed by atoms with Gasteiger partial charge in [0.25, 0.3) is 0 Å². The molecule has 0 bridgehead atoms. The van der Waals surface area contributed by atoms with Crippen molar-refractivity contribution in [3.8, 4) is 0 Å². The molecule has 1 rings (SSSR count). The Morgan fingerprint density at radius 2 is 1.73 bits per heavy atom. The first kappa shape index (κ1) is 30.6. The van der Waals surface area contributed by atoms with Gasteiger partial charge in [-0.05, 0) is 0 Å². The van der Waals surface area contributed by atoms with Gasteiger partial charge in [0.05, 0.1) is 0 Å². The van der Waals surface area contributed by atoms with Crippen molar-refractivity contribution in [1.29, 1.82) is 0 Å². The molecule has 1 fully saturated rings. The van der Waals surface area contributed by atoms with E-state index >= 15 is 0 Å². The molecule has 14 nitrogen and oxygen atoms in total. The normalized spacial score (nSPS) is 26.8. The number of aliphatic hydroxyl groups is 5. The summed E-state index contributed by atoms with van der Waals surface area (Å²) in [6, 6.07) is 0. The van der Waals surface area contributed by atoms with E-state index in [1.807, 2.05) is 11.4 Å². The Balaban J connectivity index is 2.59. The molecule has 1 aliphatic heterocycles. The van der Waals surface area contributed by atoms with Gasteiger partial charge < -0.3 is 0 Å². The van der Waals surface area contributed by atoms with E-state index in [9.17, 15) is 43.3 Å². The maximum atomic E-state index is 11.6. The first-order valence-electron chi connectivity index (χ1n) is 9.98. The molecule has 0 spiro atoms. The van der Waals surface area contributed by atoms with Crippen LogP contribution in [0.4, 0.5) is 0 Å². The number of ether oxygens (including phenoxy) is 3. The minimum absolute atomic E-state index is 0.168. The van der Waals surface area contributed by atoms with Gasteiger partial charge >= 0.3 is 194 Å². The molecule has 0 aromatic rings. The van der Waals surface area contributed by atoms with Crippen LogP contribution in [0.2, 0.25) is 21.8 Å². The van der Waals surface area contributed by atoms with Crippen molar-refractivity contribution in [3.05, 3.63) is 0 Å². The van der Waals surface area contributed by atoms with Gasteiger partial charge in [-0.1, -0.05) is 0 Å². The number of aliphatic carboxylic acids is 1. The fourth-order valence-corrected chi connectivity index (χ4v) is 9.55. The van der Waals surface area contributed by atoms with Gasteiger partial charge in [-0.15, -0.1) is 0 Å². The maximum absolute atomic E-state index is 11.6. The summed E-state index contributed by atoms with van der Waals surface area (Å²) in [5, 5.41) is 58.2. The molecule has 16 heteroatoms. The second-order valence-electron chi connectivity index (χ2n) is 8.41. The number of rotatable bonds is 16. The Morgan fingerprint density at radius 3 is 2.27 bits per heavy atom. The monoisotopic (exact) mass is 568 g/mol. The van der Waals surface area contributed by atoms with Gasteiger partial charge in [0.1, 0.15) is 0 Å². The van der Waals surface area contributed by atoms with Gasteiger partial charge in [-0.2, -0.15) is 0 Å². The third-order valence-electron chi connectivity index (χ3n) is 4.75. The predicted octanol–water partition coefficient (Wildman–Crippen LogP) is -2.93. The van der Waals surface area contributed by atoms with Crippen LogP contribution in [-0.2, 0) is 33.6 Å². The molecule has 0 aromatic carbocycles. The Labute approximate surface area is 194 Å². The molecule has 0 amide bonds. The predicted molar refractivity (Wildman–Crippen MR) is 110 cm³/mol.